The highest BCUT2D eigenvalue weighted by Crippen LogP contribution is 2.35. The number of hydrogen-bond donors (Lipinski definition) is 0. The Morgan fingerprint density at radius 1 is 1.26 bits per heavy atom. The minimum Gasteiger partial charge on any atom is -0.466 e. The molecule has 3 nitrogen and oxygen atoms in total. The third-order valence-corrected chi connectivity index (χ3v) is 6.32. The molecule has 0 heterocycles. The molecule has 2 atom stereocenters. The predicted octanol–water partition coefficient (Wildman–Crippen LogP) is 3.99. The summed E-state index contributed by atoms with van der Waals surface area (Å²) in [6.07, 6.45) is 3.09. The summed E-state index contributed by atoms with van der Waals surface area (Å²) < 4.78 is 11.6. The van der Waals surface area contributed by atoms with Crippen LogP contribution in [0.5, 0.6) is 0 Å². The summed E-state index contributed by atoms with van der Waals surface area (Å²) in [5, 5.41) is 0. The predicted molar refractivity (Wildman–Crippen MR) is 80.6 cm³/mol. The Morgan fingerprint density at radius 2 is 1.89 bits per heavy atom. The number of hydrogen-bond acceptors (Lipinski definition) is 3. The van der Waals surface area contributed by atoms with E-state index in [4.69, 9.17) is 9.16 Å². The first-order chi connectivity index (χ1) is 8.64. The van der Waals surface area contributed by atoms with Crippen molar-refractivity contribution in [1.29, 1.82) is 0 Å². The molecule has 0 spiro atoms. The highest BCUT2D eigenvalue weighted by molar-refractivity contribution is 6.71. The molecule has 0 aliphatic heterocycles. The summed E-state index contributed by atoms with van der Waals surface area (Å²) in [5.74, 6) is -0.0998. The van der Waals surface area contributed by atoms with E-state index in [1.54, 1.807) is 0 Å². The van der Waals surface area contributed by atoms with Gasteiger partial charge in [0.25, 0.3) is 0 Å². The topological polar surface area (TPSA) is 35.5 Å². The first kappa shape index (κ1) is 16.7. The van der Waals surface area contributed by atoms with Gasteiger partial charge in [0.1, 0.15) is 0 Å². The van der Waals surface area contributed by atoms with Crippen LogP contribution in [0.1, 0.15) is 47.0 Å². The number of carbonyl (C=O) groups excluding carboxylic acids is 1. The number of rotatable bonds is 5. The fraction of sp³-hybridized carbons (Fsp3) is 0.933. The lowest BCUT2D eigenvalue weighted by molar-refractivity contribution is -0.150. The monoisotopic (exact) mass is 286 g/mol. The van der Waals surface area contributed by atoms with Crippen molar-refractivity contribution in [1.82, 2.24) is 0 Å². The van der Waals surface area contributed by atoms with Gasteiger partial charge in [-0.3, -0.25) is 4.79 Å². The number of esters is 1. The number of carbonyl (C=O) groups is 1. The molecule has 0 saturated heterocycles. The van der Waals surface area contributed by atoms with E-state index >= 15 is 0 Å². The molecular weight excluding hydrogens is 256 g/mol. The van der Waals surface area contributed by atoms with E-state index in [0.29, 0.717) is 6.61 Å². The summed E-state index contributed by atoms with van der Waals surface area (Å²) in [6, 6.07) is 1.12. The van der Waals surface area contributed by atoms with Crippen LogP contribution in [-0.2, 0) is 14.0 Å². The molecule has 4 heteroatoms. The average Bonchev–Trinajstić information content (AvgIpc) is 2.61. The lowest BCUT2D eigenvalue weighted by Gasteiger charge is -2.34. The molecule has 0 aromatic heterocycles. The van der Waals surface area contributed by atoms with Crippen LogP contribution in [0.2, 0.25) is 19.1 Å². The molecule has 0 aromatic rings. The largest absolute Gasteiger partial charge is 0.466 e. The third-order valence-electron chi connectivity index (χ3n) is 3.47. The second-order valence-corrected chi connectivity index (χ2v) is 11.6. The summed E-state index contributed by atoms with van der Waals surface area (Å²) in [7, 11) is -1.72. The molecule has 19 heavy (non-hydrogen) atoms. The fourth-order valence-corrected chi connectivity index (χ4v) is 7.05. The third kappa shape index (κ3) is 5.65. The van der Waals surface area contributed by atoms with Crippen molar-refractivity contribution >= 4 is 14.3 Å². The Kier molecular flexibility index (Phi) is 5.62. The van der Waals surface area contributed by atoms with Gasteiger partial charge >= 0.3 is 5.97 Å². The molecule has 0 N–H and O–H groups in total. The molecule has 112 valence electrons. The summed E-state index contributed by atoms with van der Waals surface area (Å²) in [6.45, 7) is 13.6. The van der Waals surface area contributed by atoms with Gasteiger partial charge in [-0.1, -0.05) is 20.8 Å². The van der Waals surface area contributed by atoms with Gasteiger partial charge in [-0.2, -0.15) is 0 Å². The maximum atomic E-state index is 11.9. The van der Waals surface area contributed by atoms with Crippen LogP contribution in [-0.4, -0.2) is 27.0 Å². The van der Waals surface area contributed by atoms with E-state index < -0.39 is 8.32 Å². The molecule has 0 unspecified atom stereocenters. The maximum absolute atomic E-state index is 11.9. The van der Waals surface area contributed by atoms with Crippen molar-refractivity contribution in [3.05, 3.63) is 0 Å². The lowest BCUT2D eigenvalue weighted by atomic mass is 10.0. The molecule has 1 rings (SSSR count). The van der Waals surface area contributed by atoms with Crippen LogP contribution < -0.4 is 0 Å². The van der Waals surface area contributed by atoms with Gasteiger partial charge in [-0.15, -0.1) is 0 Å². The van der Waals surface area contributed by atoms with Crippen molar-refractivity contribution in [2.45, 2.75) is 72.2 Å². The van der Waals surface area contributed by atoms with Crippen molar-refractivity contribution in [2.75, 3.05) is 6.61 Å². The van der Waals surface area contributed by atoms with Gasteiger partial charge in [0.05, 0.1) is 18.6 Å². The Labute approximate surface area is 119 Å². The Morgan fingerprint density at radius 3 is 2.42 bits per heavy atom. The normalized spacial score (nSPS) is 24.5. The zero-order chi connectivity index (χ0) is 14.7. The van der Waals surface area contributed by atoms with Gasteiger partial charge < -0.3 is 9.16 Å². The van der Waals surface area contributed by atoms with Crippen molar-refractivity contribution in [3.63, 3.8) is 0 Å². The summed E-state index contributed by atoms with van der Waals surface area (Å²) >= 11 is 0. The van der Waals surface area contributed by atoms with Crippen LogP contribution in [0.25, 0.3) is 0 Å². The first-order valence-corrected chi connectivity index (χ1v) is 10.6. The molecule has 1 fully saturated rings. The minimum atomic E-state index is -1.72. The molecular formula is C15H30O3Si. The smallest absolute Gasteiger partial charge is 0.311 e. The molecule has 0 radical (unpaired) electrons. The maximum Gasteiger partial charge on any atom is 0.311 e. The SMILES string of the molecule is CCOC(=O)[C@H]1CCC[C@H]1O[Si](C)(C)CC(C)(C)C. The van der Waals surface area contributed by atoms with E-state index in [1.165, 1.54) is 0 Å². The Bertz CT molecular complexity index is 307. The van der Waals surface area contributed by atoms with E-state index in [2.05, 4.69) is 33.9 Å². The van der Waals surface area contributed by atoms with Crippen molar-refractivity contribution < 1.29 is 14.0 Å². The van der Waals surface area contributed by atoms with Gasteiger partial charge in [0.2, 0.25) is 0 Å². The minimum absolute atomic E-state index is 0.0355. The fourth-order valence-electron chi connectivity index (χ4n) is 3.31. The zero-order valence-electron chi connectivity index (χ0n) is 13.4. The van der Waals surface area contributed by atoms with E-state index in [9.17, 15) is 4.79 Å². The van der Waals surface area contributed by atoms with E-state index in [-0.39, 0.29) is 23.4 Å². The van der Waals surface area contributed by atoms with Crippen molar-refractivity contribution in [3.8, 4) is 0 Å². The highest BCUT2D eigenvalue weighted by Gasteiger charge is 2.40. The van der Waals surface area contributed by atoms with Gasteiger partial charge in [0.15, 0.2) is 8.32 Å². The van der Waals surface area contributed by atoms with E-state index in [0.717, 1.165) is 25.3 Å². The van der Waals surface area contributed by atoms with Gasteiger partial charge in [0, 0.05) is 0 Å². The van der Waals surface area contributed by atoms with Crippen LogP contribution in [0.15, 0.2) is 0 Å². The lowest BCUT2D eigenvalue weighted by Crippen LogP contribution is -2.41. The summed E-state index contributed by atoms with van der Waals surface area (Å²) in [4.78, 5) is 11.9. The molecule has 0 aromatic carbocycles. The highest BCUT2D eigenvalue weighted by atomic mass is 28.4. The summed E-state index contributed by atoms with van der Waals surface area (Å²) in [5.41, 5.74) is 0.285. The van der Waals surface area contributed by atoms with Crippen LogP contribution in [0.3, 0.4) is 0 Å². The molecule has 1 aliphatic carbocycles. The van der Waals surface area contributed by atoms with E-state index in [1.807, 2.05) is 6.92 Å². The molecule has 1 saturated carbocycles. The van der Waals surface area contributed by atoms with Gasteiger partial charge in [-0.25, -0.2) is 0 Å². The standard InChI is InChI=1S/C15H30O3Si/c1-7-17-14(16)12-9-8-10-13(12)18-19(5,6)11-15(2,3)4/h12-13H,7-11H2,1-6H3/t12-,13+/m0/s1. The Hall–Kier alpha value is -0.353. The van der Waals surface area contributed by atoms with Crippen LogP contribution >= 0.6 is 0 Å². The molecule has 0 bridgehead atoms. The number of ether oxygens (including phenoxy) is 1. The average molecular weight is 286 g/mol. The second-order valence-electron chi connectivity index (χ2n) is 7.44. The molecule has 1 aliphatic rings. The second kappa shape index (κ2) is 6.40. The van der Waals surface area contributed by atoms with Crippen molar-refractivity contribution in [2.24, 2.45) is 11.3 Å². The van der Waals surface area contributed by atoms with Crippen LogP contribution in [0.4, 0.5) is 0 Å². The Balaban J connectivity index is 2.61. The zero-order valence-corrected chi connectivity index (χ0v) is 14.4. The van der Waals surface area contributed by atoms with Crippen LogP contribution in [0, 0.1) is 11.3 Å². The first-order valence-electron chi connectivity index (χ1n) is 7.49. The quantitative estimate of drug-likeness (QED) is 0.566. The molecule has 0 amide bonds. The van der Waals surface area contributed by atoms with Gasteiger partial charge in [-0.05, 0) is 50.7 Å².